The lowest BCUT2D eigenvalue weighted by atomic mass is 10.1. The molecule has 186 valence electrons. The van der Waals surface area contributed by atoms with Gasteiger partial charge in [-0.05, 0) is 72.6 Å². The second-order valence-electron chi connectivity index (χ2n) is 8.15. The quantitative estimate of drug-likeness (QED) is 0.393. The van der Waals surface area contributed by atoms with E-state index >= 15 is 0 Å². The summed E-state index contributed by atoms with van der Waals surface area (Å²) in [6.07, 6.45) is 4.90. The average Bonchev–Trinajstić information content (AvgIpc) is 3.32. The van der Waals surface area contributed by atoms with Crippen LogP contribution in [0.4, 0.5) is 0 Å². The molecule has 3 aromatic rings. The van der Waals surface area contributed by atoms with Crippen LogP contribution in [0.2, 0.25) is 5.02 Å². The van der Waals surface area contributed by atoms with Gasteiger partial charge in [-0.2, -0.15) is 15.1 Å². The zero-order valence-electron chi connectivity index (χ0n) is 20.1. The highest BCUT2D eigenvalue weighted by atomic mass is 35.5. The molecule has 0 aliphatic carbocycles. The van der Waals surface area contributed by atoms with Crippen molar-refractivity contribution in [3.05, 3.63) is 93.8 Å². The number of halogens is 1. The van der Waals surface area contributed by atoms with Crippen molar-refractivity contribution in [2.45, 2.75) is 20.5 Å². The highest BCUT2D eigenvalue weighted by Crippen LogP contribution is 2.38. The molecular formula is C27H22ClN5O3S. The molecule has 8 nitrogen and oxygen atoms in total. The standard InChI is InChI=1S/C27H22ClN5O3S/c1-3-35-22-13-17(12-21(28)23(22)36-15-19-8-5-4-7-16(19)2)11-20-24(29)33-27(31-25(20)34)37-26(32-33)18-9-6-10-30-14-18/h4-14,29H,3,15H2,1-2H3/b20-11-,29-24?. The second-order valence-corrected chi connectivity index (χ2v) is 9.51. The molecule has 2 aliphatic heterocycles. The van der Waals surface area contributed by atoms with Crippen molar-refractivity contribution in [1.29, 1.82) is 5.41 Å². The molecule has 0 atom stereocenters. The Morgan fingerprint density at radius 3 is 2.76 bits per heavy atom. The third-order valence-corrected chi connectivity index (χ3v) is 6.88. The molecule has 5 rings (SSSR count). The van der Waals surface area contributed by atoms with Gasteiger partial charge in [-0.15, -0.1) is 0 Å². The van der Waals surface area contributed by atoms with E-state index in [1.165, 1.54) is 16.8 Å². The summed E-state index contributed by atoms with van der Waals surface area (Å²) in [5, 5.41) is 15.8. The maximum Gasteiger partial charge on any atom is 0.283 e. The average molecular weight is 532 g/mol. The Morgan fingerprint density at radius 2 is 2.00 bits per heavy atom. The number of benzene rings is 2. The van der Waals surface area contributed by atoms with Crippen molar-refractivity contribution in [1.82, 2.24) is 9.99 Å². The Labute approximate surface area is 223 Å². The number of carbonyl (C=O) groups excluding carboxylic acids is 1. The number of hydrazone groups is 1. The number of nitrogens with zero attached hydrogens (tertiary/aromatic N) is 4. The van der Waals surface area contributed by atoms with E-state index in [1.54, 1.807) is 36.7 Å². The van der Waals surface area contributed by atoms with Gasteiger partial charge in [0.2, 0.25) is 5.17 Å². The van der Waals surface area contributed by atoms with Crippen molar-refractivity contribution < 1.29 is 14.3 Å². The fraction of sp³-hybridized carbons (Fsp3) is 0.148. The molecule has 10 heteroatoms. The lowest BCUT2D eigenvalue weighted by Crippen LogP contribution is -2.35. The summed E-state index contributed by atoms with van der Waals surface area (Å²) < 4.78 is 11.8. The van der Waals surface area contributed by atoms with Gasteiger partial charge in [-0.25, -0.2) is 0 Å². The fourth-order valence-electron chi connectivity index (χ4n) is 3.76. The number of aromatic nitrogens is 1. The number of amides is 1. The first-order chi connectivity index (χ1) is 17.9. The monoisotopic (exact) mass is 531 g/mol. The number of thioether (sulfide) groups is 1. The van der Waals surface area contributed by atoms with Crippen molar-refractivity contribution in [3.8, 4) is 11.5 Å². The molecule has 3 heterocycles. The smallest absolute Gasteiger partial charge is 0.283 e. The van der Waals surface area contributed by atoms with Crippen LogP contribution < -0.4 is 9.47 Å². The summed E-state index contributed by atoms with van der Waals surface area (Å²) in [5.74, 6) is 0.264. The minimum atomic E-state index is -0.527. The highest BCUT2D eigenvalue weighted by Gasteiger charge is 2.36. The first-order valence-electron chi connectivity index (χ1n) is 11.5. The summed E-state index contributed by atoms with van der Waals surface area (Å²) in [4.78, 5) is 21.1. The van der Waals surface area contributed by atoms with Crippen LogP contribution in [0.5, 0.6) is 11.5 Å². The number of aliphatic imine (C=N–C) groups is 1. The van der Waals surface area contributed by atoms with Crippen LogP contribution in [0.3, 0.4) is 0 Å². The maximum atomic E-state index is 12.9. The Balaban J connectivity index is 1.43. The Morgan fingerprint density at radius 1 is 1.16 bits per heavy atom. The van der Waals surface area contributed by atoms with E-state index in [2.05, 4.69) is 15.1 Å². The molecule has 2 aromatic carbocycles. The van der Waals surface area contributed by atoms with Crippen LogP contribution in [0.25, 0.3) is 6.08 Å². The number of aryl methyl sites for hydroxylation is 1. The van der Waals surface area contributed by atoms with E-state index in [0.29, 0.717) is 45.5 Å². The van der Waals surface area contributed by atoms with Gasteiger partial charge < -0.3 is 9.47 Å². The SMILES string of the molecule is CCOc1cc(/C=C2/C(=N)N3N=C(c4cccnc4)SC3=NC2=O)cc(Cl)c1OCc1ccccc1C. The number of fused-ring (bicyclic) bond motifs is 1. The molecule has 1 N–H and O–H groups in total. The third-order valence-electron chi connectivity index (χ3n) is 5.64. The van der Waals surface area contributed by atoms with Crippen molar-refractivity contribution in [3.63, 3.8) is 0 Å². The van der Waals surface area contributed by atoms with Crippen LogP contribution in [0.1, 0.15) is 29.2 Å². The summed E-state index contributed by atoms with van der Waals surface area (Å²) >= 11 is 7.82. The number of nitrogens with one attached hydrogen (secondary N) is 1. The molecule has 0 fully saturated rings. The molecular weight excluding hydrogens is 510 g/mol. The van der Waals surface area contributed by atoms with E-state index in [0.717, 1.165) is 16.7 Å². The first-order valence-corrected chi connectivity index (χ1v) is 12.7. The Hall–Kier alpha value is -3.95. The lowest BCUT2D eigenvalue weighted by Gasteiger charge is -2.20. The van der Waals surface area contributed by atoms with Crippen molar-refractivity contribution in [2.75, 3.05) is 6.61 Å². The van der Waals surface area contributed by atoms with E-state index < -0.39 is 5.91 Å². The Kier molecular flexibility index (Phi) is 7.07. The van der Waals surface area contributed by atoms with Crippen LogP contribution >= 0.6 is 23.4 Å². The van der Waals surface area contributed by atoms with Crippen LogP contribution in [0, 0.1) is 12.3 Å². The molecule has 37 heavy (non-hydrogen) atoms. The van der Waals surface area contributed by atoms with Gasteiger partial charge in [0.15, 0.2) is 17.3 Å². The van der Waals surface area contributed by atoms with Gasteiger partial charge in [0.05, 0.1) is 17.2 Å². The predicted octanol–water partition coefficient (Wildman–Crippen LogP) is 5.69. The summed E-state index contributed by atoms with van der Waals surface area (Å²) in [7, 11) is 0. The topological polar surface area (TPSA) is 100 Å². The number of rotatable bonds is 7. The summed E-state index contributed by atoms with van der Waals surface area (Å²) in [6, 6.07) is 15.0. The van der Waals surface area contributed by atoms with Crippen molar-refractivity contribution >= 4 is 51.4 Å². The molecule has 0 radical (unpaired) electrons. The van der Waals surface area contributed by atoms with E-state index in [4.69, 9.17) is 26.5 Å². The molecule has 1 aromatic heterocycles. The molecule has 1 amide bonds. The number of hydrogen-bond acceptors (Lipinski definition) is 7. The zero-order chi connectivity index (χ0) is 25.9. The number of hydrogen-bond donors (Lipinski definition) is 1. The normalized spacial score (nSPS) is 16.0. The summed E-state index contributed by atoms with van der Waals surface area (Å²) in [5.41, 5.74) is 3.60. The third kappa shape index (κ3) is 5.14. The van der Waals surface area contributed by atoms with Crippen molar-refractivity contribution in [2.24, 2.45) is 10.1 Å². The molecule has 2 aliphatic rings. The van der Waals surface area contributed by atoms with Gasteiger partial charge >= 0.3 is 0 Å². The lowest BCUT2D eigenvalue weighted by molar-refractivity contribution is -0.114. The van der Waals surface area contributed by atoms with Gasteiger partial charge in [0.1, 0.15) is 11.7 Å². The van der Waals surface area contributed by atoms with E-state index in [-0.39, 0.29) is 11.4 Å². The minimum Gasteiger partial charge on any atom is -0.490 e. The van der Waals surface area contributed by atoms with E-state index in [9.17, 15) is 4.79 Å². The molecule has 0 saturated heterocycles. The first kappa shape index (κ1) is 24.7. The van der Waals surface area contributed by atoms with Crippen LogP contribution in [-0.2, 0) is 11.4 Å². The van der Waals surface area contributed by atoms with Gasteiger partial charge in [-0.3, -0.25) is 15.2 Å². The number of ether oxygens (including phenoxy) is 2. The largest absolute Gasteiger partial charge is 0.490 e. The molecule has 0 bridgehead atoms. The highest BCUT2D eigenvalue weighted by molar-refractivity contribution is 8.27. The molecule has 0 saturated carbocycles. The minimum absolute atomic E-state index is 0.0737. The number of amidine groups is 2. The zero-order valence-corrected chi connectivity index (χ0v) is 21.6. The maximum absolute atomic E-state index is 12.9. The van der Waals surface area contributed by atoms with Gasteiger partial charge in [0.25, 0.3) is 5.91 Å². The Bertz CT molecular complexity index is 1490. The van der Waals surface area contributed by atoms with E-state index in [1.807, 2.05) is 44.2 Å². The fourth-order valence-corrected chi connectivity index (χ4v) is 4.92. The van der Waals surface area contributed by atoms with Crippen LogP contribution in [-0.4, -0.2) is 38.6 Å². The predicted molar refractivity (Wildman–Crippen MR) is 146 cm³/mol. The van der Waals surface area contributed by atoms with Crippen LogP contribution in [0.15, 0.2) is 76.6 Å². The molecule has 0 unspecified atom stereocenters. The van der Waals surface area contributed by atoms with Gasteiger partial charge in [-0.1, -0.05) is 35.9 Å². The molecule has 0 spiro atoms. The second kappa shape index (κ2) is 10.6. The summed E-state index contributed by atoms with van der Waals surface area (Å²) in [6.45, 7) is 4.61. The number of carbonyl (C=O) groups is 1. The number of pyridine rings is 1. The van der Waals surface area contributed by atoms with Gasteiger partial charge in [0, 0.05) is 18.0 Å².